The summed E-state index contributed by atoms with van der Waals surface area (Å²) in [6.45, 7) is 1.06. The molecule has 0 aliphatic carbocycles. The van der Waals surface area contributed by atoms with E-state index < -0.39 is 5.82 Å². The minimum atomic E-state index is -0.392. The molecule has 0 radical (unpaired) electrons. The summed E-state index contributed by atoms with van der Waals surface area (Å²) < 4.78 is 24.5. The molecule has 4 rings (SSSR count). The molecule has 0 atom stereocenters. The molecule has 0 bridgehead atoms. The van der Waals surface area contributed by atoms with Crippen molar-refractivity contribution in [3.63, 3.8) is 0 Å². The number of halogens is 1. The van der Waals surface area contributed by atoms with Gasteiger partial charge in [-0.15, -0.1) is 0 Å². The standard InChI is InChI=1S/C21H21FN4O3/c1-26-10-19(23)24-9-18(26)13-3-2-4-14(5-13)21(27)25-8-15-6-17(22)7-16-11-28-12-29-20(15)16/h2-7,9H,8,10-12H2,1H3,(H2,23,24)(H,25,27). The van der Waals surface area contributed by atoms with Gasteiger partial charge >= 0.3 is 0 Å². The van der Waals surface area contributed by atoms with Gasteiger partial charge in [0.1, 0.15) is 17.4 Å². The van der Waals surface area contributed by atoms with Gasteiger partial charge in [-0.2, -0.15) is 0 Å². The molecule has 2 aliphatic heterocycles. The smallest absolute Gasteiger partial charge is 0.251 e. The topological polar surface area (TPSA) is 89.2 Å². The number of benzene rings is 2. The van der Waals surface area contributed by atoms with Crippen LogP contribution in [0.5, 0.6) is 5.75 Å². The maximum atomic E-state index is 13.9. The lowest BCUT2D eigenvalue weighted by atomic mass is 10.1. The number of aliphatic imine (C=N–C) groups is 1. The minimum absolute atomic E-state index is 0.108. The second kappa shape index (κ2) is 7.92. The summed E-state index contributed by atoms with van der Waals surface area (Å²) >= 11 is 0. The van der Waals surface area contributed by atoms with Crippen molar-refractivity contribution >= 4 is 17.4 Å². The molecule has 2 aromatic carbocycles. The van der Waals surface area contributed by atoms with Crippen molar-refractivity contribution in [2.45, 2.75) is 13.2 Å². The molecule has 29 heavy (non-hydrogen) atoms. The van der Waals surface area contributed by atoms with Gasteiger partial charge in [0.15, 0.2) is 6.79 Å². The summed E-state index contributed by atoms with van der Waals surface area (Å²) in [6, 6.07) is 9.99. The van der Waals surface area contributed by atoms with Crippen molar-refractivity contribution in [3.05, 3.63) is 70.7 Å². The number of rotatable bonds is 4. The van der Waals surface area contributed by atoms with Crippen LogP contribution in [-0.4, -0.2) is 37.0 Å². The number of carbonyl (C=O) groups excluding carboxylic acids is 1. The Kier molecular flexibility index (Phi) is 5.18. The Balaban J connectivity index is 1.51. The molecule has 2 aromatic rings. The first-order chi connectivity index (χ1) is 14.0. The fraction of sp³-hybridized carbons (Fsp3) is 0.238. The van der Waals surface area contributed by atoms with Crippen LogP contribution in [0.1, 0.15) is 27.0 Å². The van der Waals surface area contributed by atoms with Gasteiger partial charge in [0.25, 0.3) is 5.91 Å². The number of amidine groups is 1. The molecule has 2 heterocycles. The first-order valence-electron chi connectivity index (χ1n) is 9.15. The molecule has 1 amide bonds. The maximum Gasteiger partial charge on any atom is 0.251 e. The molecular weight excluding hydrogens is 375 g/mol. The number of ether oxygens (including phenoxy) is 2. The van der Waals surface area contributed by atoms with Crippen molar-refractivity contribution in [1.82, 2.24) is 10.2 Å². The highest BCUT2D eigenvalue weighted by atomic mass is 19.1. The summed E-state index contributed by atoms with van der Waals surface area (Å²) in [5.41, 5.74) is 9.19. The van der Waals surface area contributed by atoms with Crippen molar-refractivity contribution < 1.29 is 18.7 Å². The Hall–Kier alpha value is -3.39. The Morgan fingerprint density at radius 3 is 3.03 bits per heavy atom. The monoisotopic (exact) mass is 396 g/mol. The van der Waals surface area contributed by atoms with Crippen LogP contribution in [0.15, 0.2) is 47.6 Å². The van der Waals surface area contributed by atoms with E-state index >= 15 is 0 Å². The van der Waals surface area contributed by atoms with Gasteiger partial charge in [0.05, 0.1) is 25.0 Å². The van der Waals surface area contributed by atoms with Crippen molar-refractivity contribution in [2.75, 3.05) is 20.4 Å². The number of nitrogens with zero attached hydrogens (tertiary/aromatic N) is 2. The number of amides is 1. The molecule has 0 fully saturated rings. The largest absolute Gasteiger partial charge is 0.467 e. The van der Waals surface area contributed by atoms with Gasteiger partial charge in [-0.05, 0) is 24.3 Å². The third-order valence-electron chi connectivity index (χ3n) is 4.77. The summed E-state index contributed by atoms with van der Waals surface area (Å²) in [7, 11) is 1.91. The number of hydrogen-bond donors (Lipinski definition) is 2. The van der Waals surface area contributed by atoms with E-state index in [1.54, 1.807) is 18.3 Å². The van der Waals surface area contributed by atoms with E-state index in [0.717, 1.165) is 11.3 Å². The lowest BCUT2D eigenvalue weighted by Gasteiger charge is -2.25. The van der Waals surface area contributed by atoms with Gasteiger partial charge < -0.3 is 25.4 Å². The molecule has 7 nitrogen and oxygen atoms in total. The van der Waals surface area contributed by atoms with Crippen LogP contribution in [0.3, 0.4) is 0 Å². The zero-order valence-corrected chi connectivity index (χ0v) is 15.9. The average molecular weight is 396 g/mol. The average Bonchev–Trinajstić information content (AvgIpc) is 2.71. The fourth-order valence-corrected chi connectivity index (χ4v) is 3.39. The highest BCUT2D eigenvalue weighted by Crippen LogP contribution is 2.29. The zero-order chi connectivity index (χ0) is 20.4. The molecule has 0 spiro atoms. The summed E-state index contributed by atoms with van der Waals surface area (Å²) in [6.07, 6.45) is 1.69. The molecule has 3 N–H and O–H groups in total. The number of hydrogen-bond acceptors (Lipinski definition) is 6. The maximum absolute atomic E-state index is 13.9. The molecular formula is C21H21FN4O3. The number of fused-ring (bicyclic) bond motifs is 1. The second-order valence-electron chi connectivity index (χ2n) is 6.92. The van der Waals surface area contributed by atoms with Crippen molar-refractivity contribution in [3.8, 4) is 5.75 Å². The molecule has 0 saturated heterocycles. The van der Waals surface area contributed by atoms with Crippen LogP contribution < -0.4 is 15.8 Å². The van der Waals surface area contributed by atoms with Gasteiger partial charge in [-0.25, -0.2) is 9.38 Å². The molecule has 0 aromatic heterocycles. The normalized spacial score (nSPS) is 15.7. The predicted octanol–water partition coefficient (Wildman–Crippen LogP) is 2.22. The highest BCUT2D eigenvalue weighted by Gasteiger charge is 2.18. The predicted molar refractivity (Wildman–Crippen MR) is 107 cm³/mol. The van der Waals surface area contributed by atoms with E-state index in [9.17, 15) is 9.18 Å². The van der Waals surface area contributed by atoms with Crippen LogP contribution in [0.25, 0.3) is 5.70 Å². The number of nitrogens with two attached hydrogens (primary N) is 1. The van der Waals surface area contributed by atoms with E-state index in [1.807, 2.05) is 24.1 Å². The van der Waals surface area contributed by atoms with Crippen molar-refractivity contribution in [1.29, 1.82) is 0 Å². The third-order valence-corrected chi connectivity index (χ3v) is 4.77. The summed E-state index contributed by atoms with van der Waals surface area (Å²) in [4.78, 5) is 18.8. The van der Waals surface area contributed by atoms with Gasteiger partial charge in [-0.3, -0.25) is 4.79 Å². The third kappa shape index (κ3) is 4.07. The fourth-order valence-electron chi connectivity index (χ4n) is 3.39. The first-order valence-corrected chi connectivity index (χ1v) is 9.15. The SMILES string of the molecule is CN1CC(N)=NC=C1c1cccc(C(=O)NCc2cc(F)cc3c2OCOC3)c1. The molecule has 0 unspecified atom stereocenters. The van der Waals surface area contributed by atoms with E-state index in [0.29, 0.717) is 34.8 Å². The van der Waals surface area contributed by atoms with Gasteiger partial charge in [-0.1, -0.05) is 12.1 Å². The van der Waals surface area contributed by atoms with E-state index in [1.165, 1.54) is 12.1 Å². The number of likely N-dealkylation sites (N-methyl/N-ethyl adjacent to an activating group) is 1. The zero-order valence-electron chi connectivity index (χ0n) is 15.9. The summed E-state index contributed by atoms with van der Waals surface area (Å²) in [5.74, 6) is 0.447. The lowest BCUT2D eigenvalue weighted by Crippen LogP contribution is -2.32. The Morgan fingerprint density at radius 2 is 2.21 bits per heavy atom. The quantitative estimate of drug-likeness (QED) is 0.827. The van der Waals surface area contributed by atoms with Crippen LogP contribution >= 0.6 is 0 Å². The Morgan fingerprint density at radius 1 is 1.34 bits per heavy atom. The molecule has 150 valence electrons. The highest BCUT2D eigenvalue weighted by molar-refractivity contribution is 5.95. The van der Waals surface area contributed by atoms with Gasteiger partial charge in [0.2, 0.25) is 0 Å². The molecule has 8 heteroatoms. The van der Waals surface area contributed by atoms with Crippen LogP contribution in [0, 0.1) is 5.82 Å². The first kappa shape index (κ1) is 18.9. The van der Waals surface area contributed by atoms with Crippen LogP contribution in [0.2, 0.25) is 0 Å². The van der Waals surface area contributed by atoms with Gasteiger partial charge in [0, 0.05) is 35.8 Å². The lowest BCUT2D eigenvalue weighted by molar-refractivity contribution is -0.0173. The summed E-state index contributed by atoms with van der Waals surface area (Å²) in [5, 5.41) is 2.83. The minimum Gasteiger partial charge on any atom is -0.467 e. The van der Waals surface area contributed by atoms with E-state index in [4.69, 9.17) is 15.2 Å². The van der Waals surface area contributed by atoms with Crippen molar-refractivity contribution in [2.24, 2.45) is 10.7 Å². The molecule has 0 saturated carbocycles. The second-order valence-corrected chi connectivity index (χ2v) is 6.92. The molecule has 2 aliphatic rings. The Labute approximate surface area is 167 Å². The van der Waals surface area contributed by atoms with Crippen LogP contribution in [-0.2, 0) is 17.9 Å². The Bertz CT molecular complexity index is 1020. The van der Waals surface area contributed by atoms with E-state index in [-0.39, 0.29) is 25.9 Å². The van der Waals surface area contributed by atoms with E-state index in [2.05, 4.69) is 10.3 Å². The number of carbonyl (C=O) groups is 1. The van der Waals surface area contributed by atoms with Crippen LogP contribution in [0.4, 0.5) is 4.39 Å². The number of nitrogens with one attached hydrogen (secondary N) is 1.